The van der Waals surface area contributed by atoms with Gasteiger partial charge in [0.1, 0.15) is 11.3 Å². The number of aryl methyl sites for hydroxylation is 2. The van der Waals surface area contributed by atoms with Gasteiger partial charge in [0.2, 0.25) is 0 Å². The third-order valence-corrected chi connectivity index (χ3v) is 3.27. The molecule has 112 valence electrons. The van der Waals surface area contributed by atoms with E-state index in [-0.39, 0.29) is 18.2 Å². The van der Waals surface area contributed by atoms with Gasteiger partial charge >= 0.3 is 5.97 Å². The van der Waals surface area contributed by atoms with Gasteiger partial charge in [-0.15, -0.1) is 0 Å². The molecule has 0 saturated carbocycles. The monoisotopic (exact) mass is 282 g/mol. The Labute approximate surface area is 118 Å². The number of aromatic nitrogens is 1. The molecule has 1 amide bonds. The second-order valence-electron chi connectivity index (χ2n) is 5.00. The molecule has 0 spiro atoms. The first kappa shape index (κ1) is 16.2. The summed E-state index contributed by atoms with van der Waals surface area (Å²) in [5.41, 5.74) is 1.18. The minimum absolute atomic E-state index is 0.167. The predicted octanol–water partition coefficient (Wildman–Crippen LogP) is 2.17. The highest BCUT2D eigenvalue weighted by Gasteiger charge is 2.18. The Kier molecular flexibility index (Phi) is 6.21. The molecule has 0 bridgehead atoms. The van der Waals surface area contributed by atoms with Crippen molar-refractivity contribution in [3.63, 3.8) is 0 Å². The van der Waals surface area contributed by atoms with E-state index in [1.54, 1.807) is 6.92 Å². The number of amides is 1. The molecule has 0 aliphatic carbocycles. The van der Waals surface area contributed by atoms with E-state index in [0.717, 1.165) is 6.42 Å². The van der Waals surface area contributed by atoms with Crippen molar-refractivity contribution in [1.29, 1.82) is 0 Å². The van der Waals surface area contributed by atoms with Crippen molar-refractivity contribution in [1.82, 2.24) is 10.5 Å². The SMILES string of the molecule is CCc1noc(C)c1C(=O)NCCC(C)CCC(=O)O. The maximum Gasteiger partial charge on any atom is 0.303 e. The largest absolute Gasteiger partial charge is 0.481 e. The van der Waals surface area contributed by atoms with E-state index in [9.17, 15) is 9.59 Å². The number of nitrogens with one attached hydrogen (secondary N) is 1. The van der Waals surface area contributed by atoms with E-state index in [4.69, 9.17) is 9.63 Å². The zero-order valence-corrected chi connectivity index (χ0v) is 12.2. The Hall–Kier alpha value is -1.85. The molecule has 20 heavy (non-hydrogen) atoms. The smallest absolute Gasteiger partial charge is 0.303 e. The van der Waals surface area contributed by atoms with Crippen LogP contribution in [0.2, 0.25) is 0 Å². The van der Waals surface area contributed by atoms with Gasteiger partial charge in [0, 0.05) is 13.0 Å². The third kappa shape index (κ3) is 4.68. The fourth-order valence-electron chi connectivity index (χ4n) is 1.99. The highest BCUT2D eigenvalue weighted by Crippen LogP contribution is 2.14. The molecule has 1 aromatic heterocycles. The number of nitrogens with zero attached hydrogens (tertiary/aromatic N) is 1. The van der Waals surface area contributed by atoms with Gasteiger partial charge in [0.25, 0.3) is 5.91 Å². The standard InChI is InChI=1S/C14H22N2O4/c1-4-11-13(10(3)20-16-11)14(19)15-8-7-9(2)5-6-12(17)18/h9H,4-8H2,1-3H3,(H,15,19)(H,17,18). The first-order valence-electron chi connectivity index (χ1n) is 6.90. The normalized spacial score (nSPS) is 12.2. The van der Waals surface area contributed by atoms with Crippen LogP contribution in [0.1, 0.15) is 54.9 Å². The lowest BCUT2D eigenvalue weighted by Gasteiger charge is -2.10. The molecule has 0 saturated heterocycles. The number of hydrogen-bond donors (Lipinski definition) is 2. The average molecular weight is 282 g/mol. The maximum atomic E-state index is 12.0. The first-order valence-corrected chi connectivity index (χ1v) is 6.90. The van der Waals surface area contributed by atoms with E-state index < -0.39 is 5.97 Å². The van der Waals surface area contributed by atoms with Crippen LogP contribution in [-0.2, 0) is 11.2 Å². The topological polar surface area (TPSA) is 92.4 Å². The van der Waals surface area contributed by atoms with Crippen LogP contribution in [0.25, 0.3) is 0 Å². The zero-order chi connectivity index (χ0) is 15.1. The summed E-state index contributed by atoms with van der Waals surface area (Å²) in [6.45, 7) is 6.14. The summed E-state index contributed by atoms with van der Waals surface area (Å²) in [6.07, 6.45) is 2.19. The van der Waals surface area contributed by atoms with Crippen LogP contribution in [0, 0.1) is 12.8 Å². The van der Waals surface area contributed by atoms with Crippen LogP contribution >= 0.6 is 0 Å². The lowest BCUT2D eigenvalue weighted by atomic mass is 10.0. The lowest BCUT2D eigenvalue weighted by Crippen LogP contribution is -2.26. The van der Waals surface area contributed by atoms with E-state index in [2.05, 4.69) is 10.5 Å². The summed E-state index contributed by atoms with van der Waals surface area (Å²) in [6, 6.07) is 0. The summed E-state index contributed by atoms with van der Waals surface area (Å²) >= 11 is 0. The van der Waals surface area contributed by atoms with Crippen molar-refractivity contribution >= 4 is 11.9 Å². The Morgan fingerprint density at radius 2 is 2.10 bits per heavy atom. The Morgan fingerprint density at radius 3 is 2.70 bits per heavy atom. The van der Waals surface area contributed by atoms with Gasteiger partial charge in [-0.3, -0.25) is 9.59 Å². The minimum Gasteiger partial charge on any atom is -0.481 e. The fourth-order valence-corrected chi connectivity index (χ4v) is 1.99. The molecule has 0 aromatic carbocycles. The van der Waals surface area contributed by atoms with Gasteiger partial charge in [-0.2, -0.15) is 0 Å². The lowest BCUT2D eigenvalue weighted by molar-refractivity contribution is -0.137. The van der Waals surface area contributed by atoms with Gasteiger partial charge in [-0.25, -0.2) is 0 Å². The van der Waals surface area contributed by atoms with E-state index in [1.807, 2.05) is 13.8 Å². The molecular weight excluding hydrogens is 260 g/mol. The minimum atomic E-state index is -0.784. The molecule has 1 heterocycles. The first-order chi connectivity index (χ1) is 9.45. The van der Waals surface area contributed by atoms with Crippen molar-refractivity contribution < 1.29 is 19.2 Å². The molecule has 1 aromatic rings. The van der Waals surface area contributed by atoms with Crippen LogP contribution in [-0.4, -0.2) is 28.7 Å². The van der Waals surface area contributed by atoms with Crippen molar-refractivity contribution in [3.05, 3.63) is 17.0 Å². The summed E-state index contributed by atoms with van der Waals surface area (Å²) in [5, 5.41) is 15.3. The van der Waals surface area contributed by atoms with Crippen molar-refractivity contribution in [2.75, 3.05) is 6.54 Å². The van der Waals surface area contributed by atoms with Crippen LogP contribution in [0.5, 0.6) is 0 Å². The van der Waals surface area contributed by atoms with E-state index >= 15 is 0 Å². The molecule has 1 unspecified atom stereocenters. The molecular formula is C14H22N2O4. The summed E-state index contributed by atoms with van der Waals surface area (Å²) in [7, 11) is 0. The number of aliphatic carboxylic acids is 1. The molecule has 0 fully saturated rings. The summed E-state index contributed by atoms with van der Waals surface area (Å²) in [5.74, 6) is -0.168. The second kappa shape index (κ2) is 7.67. The second-order valence-corrected chi connectivity index (χ2v) is 5.00. The van der Waals surface area contributed by atoms with Crippen molar-refractivity contribution in [2.24, 2.45) is 5.92 Å². The van der Waals surface area contributed by atoms with Gasteiger partial charge in [0.15, 0.2) is 0 Å². The van der Waals surface area contributed by atoms with Crippen LogP contribution in [0.15, 0.2) is 4.52 Å². The van der Waals surface area contributed by atoms with Gasteiger partial charge in [0.05, 0.1) is 5.69 Å². The number of carboxylic acid groups (broad SMARTS) is 1. The average Bonchev–Trinajstić information content (AvgIpc) is 2.77. The van der Waals surface area contributed by atoms with Crippen LogP contribution in [0.4, 0.5) is 0 Å². The summed E-state index contributed by atoms with van der Waals surface area (Å²) in [4.78, 5) is 22.5. The van der Waals surface area contributed by atoms with Gasteiger partial charge in [-0.05, 0) is 32.1 Å². The highest BCUT2D eigenvalue weighted by molar-refractivity contribution is 5.96. The van der Waals surface area contributed by atoms with Crippen molar-refractivity contribution in [2.45, 2.75) is 46.5 Å². The number of hydrogen-bond acceptors (Lipinski definition) is 4. The molecule has 0 aliphatic heterocycles. The molecule has 2 N–H and O–H groups in total. The number of carbonyl (C=O) groups excluding carboxylic acids is 1. The molecule has 6 heteroatoms. The third-order valence-electron chi connectivity index (χ3n) is 3.27. The quantitative estimate of drug-likeness (QED) is 0.762. The molecule has 1 rings (SSSR count). The fraction of sp³-hybridized carbons (Fsp3) is 0.643. The number of carbonyl (C=O) groups is 2. The Balaban J connectivity index is 2.40. The maximum absolute atomic E-state index is 12.0. The number of rotatable bonds is 8. The Bertz CT molecular complexity index is 468. The number of carboxylic acids is 1. The molecule has 0 radical (unpaired) electrons. The van der Waals surface area contributed by atoms with Gasteiger partial charge in [-0.1, -0.05) is 19.0 Å². The predicted molar refractivity (Wildman–Crippen MR) is 73.6 cm³/mol. The van der Waals surface area contributed by atoms with Crippen LogP contribution < -0.4 is 5.32 Å². The van der Waals surface area contributed by atoms with Gasteiger partial charge < -0.3 is 14.9 Å². The zero-order valence-electron chi connectivity index (χ0n) is 12.2. The van der Waals surface area contributed by atoms with E-state index in [0.29, 0.717) is 36.4 Å². The Morgan fingerprint density at radius 1 is 1.40 bits per heavy atom. The van der Waals surface area contributed by atoms with Crippen molar-refractivity contribution in [3.8, 4) is 0 Å². The van der Waals surface area contributed by atoms with E-state index in [1.165, 1.54) is 0 Å². The highest BCUT2D eigenvalue weighted by atomic mass is 16.5. The molecule has 0 aliphatic rings. The molecule has 1 atom stereocenters. The van der Waals surface area contributed by atoms with Crippen LogP contribution in [0.3, 0.4) is 0 Å². The molecule has 6 nitrogen and oxygen atoms in total. The summed E-state index contributed by atoms with van der Waals surface area (Å²) < 4.78 is 5.02.